The van der Waals surface area contributed by atoms with E-state index in [4.69, 9.17) is 14.0 Å². The number of hydrogen-bond donors (Lipinski definition) is 0. The van der Waals surface area contributed by atoms with Gasteiger partial charge in [0.25, 0.3) is 0 Å². The normalized spacial score (nSPS) is 7.55. The van der Waals surface area contributed by atoms with Crippen molar-refractivity contribution in [3.05, 3.63) is 81.5 Å². The Hall–Kier alpha value is -1.70. The molecule has 0 spiro atoms. The van der Waals surface area contributed by atoms with Gasteiger partial charge in [0.05, 0.1) is 6.54 Å². The van der Waals surface area contributed by atoms with Crippen LogP contribution in [0.4, 0.5) is 0 Å². The number of unbranched alkanes of at least 4 members (excludes halogenated alkanes) is 3. The summed E-state index contributed by atoms with van der Waals surface area (Å²) in [7, 11) is 0. The molecule has 0 amide bonds. The molecule has 0 heterocycles. The predicted octanol–water partition coefficient (Wildman–Crippen LogP) is 2.16. The smallest absolute Gasteiger partial charge is 0 e. The SMILES string of the molecule is O=C[CH][CH][CH][CH]C=NCc1ccccc1.[C-]#[O+].[C-]#[O+].[C-]#[O+].[Fe]. The molecule has 5 nitrogen and oxygen atoms in total. The molecule has 0 saturated carbocycles. The van der Waals surface area contributed by atoms with E-state index in [0.29, 0.717) is 6.54 Å². The van der Waals surface area contributed by atoms with Crippen LogP contribution in [0.25, 0.3) is 0 Å². The zero-order chi connectivity index (χ0) is 16.8. The van der Waals surface area contributed by atoms with Crippen molar-refractivity contribution >= 4 is 12.5 Å². The Morgan fingerprint density at radius 2 is 1.36 bits per heavy atom. The van der Waals surface area contributed by atoms with Gasteiger partial charge in [0.2, 0.25) is 0 Å². The number of nitrogens with zero attached hydrogens (tertiary/aromatic N) is 1. The minimum atomic E-state index is 0. The Kier molecular flexibility index (Phi) is 40.9. The van der Waals surface area contributed by atoms with Crippen LogP contribution in [0.1, 0.15) is 5.56 Å². The summed E-state index contributed by atoms with van der Waals surface area (Å²) in [6, 6.07) is 10.0. The second-order valence-corrected chi connectivity index (χ2v) is 2.88. The number of aldehydes is 1. The van der Waals surface area contributed by atoms with E-state index in [9.17, 15) is 4.79 Å². The predicted molar refractivity (Wildman–Crippen MR) is 73.7 cm³/mol. The average Bonchev–Trinajstić information content (AvgIpc) is 2.60. The number of rotatable bonds is 7. The molecule has 1 rings (SSSR count). The van der Waals surface area contributed by atoms with E-state index < -0.39 is 0 Å². The van der Waals surface area contributed by atoms with Gasteiger partial charge in [-0.3, -0.25) is 4.99 Å². The molecule has 0 aliphatic carbocycles. The fraction of sp³-hybridized carbons (Fsp3) is 0.0625. The molecule has 0 saturated heterocycles. The van der Waals surface area contributed by atoms with E-state index in [1.807, 2.05) is 30.3 Å². The minimum Gasteiger partial charge on any atom is 0 e. The Morgan fingerprint density at radius 3 is 1.86 bits per heavy atom. The zero-order valence-corrected chi connectivity index (χ0v) is 12.6. The van der Waals surface area contributed by atoms with E-state index in [0.717, 1.165) is 6.29 Å². The van der Waals surface area contributed by atoms with Gasteiger partial charge >= 0.3 is 33.9 Å². The van der Waals surface area contributed by atoms with Crippen molar-refractivity contribution in [1.29, 1.82) is 0 Å². The van der Waals surface area contributed by atoms with Crippen LogP contribution in [0, 0.1) is 45.6 Å². The summed E-state index contributed by atoms with van der Waals surface area (Å²) in [5, 5.41) is 0. The Morgan fingerprint density at radius 1 is 0.864 bits per heavy atom. The van der Waals surface area contributed by atoms with Crippen molar-refractivity contribution in [1.82, 2.24) is 0 Å². The van der Waals surface area contributed by atoms with Gasteiger partial charge in [-0.2, -0.15) is 0 Å². The topological polar surface area (TPSA) is 89.1 Å². The molecule has 1 aromatic carbocycles. The Bertz CT molecular complexity index is 399. The first-order chi connectivity index (χ1) is 10.4. The van der Waals surface area contributed by atoms with Crippen LogP contribution < -0.4 is 0 Å². The molecule has 4 radical (unpaired) electrons. The maximum absolute atomic E-state index is 9.92. The molecular weight excluding hydrogens is 326 g/mol. The van der Waals surface area contributed by atoms with Crippen LogP contribution >= 0.6 is 0 Å². The molecule has 22 heavy (non-hydrogen) atoms. The van der Waals surface area contributed by atoms with Gasteiger partial charge in [-0.15, -0.1) is 0 Å². The Labute approximate surface area is 141 Å². The van der Waals surface area contributed by atoms with Crippen LogP contribution in [0.15, 0.2) is 35.3 Å². The molecule has 0 atom stereocenters. The average molecular weight is 339 g/mol. The van der Waals surface area contributed by atoms with Gasteiger partial charge in [-0.05, 0) is 18.4 Å². The molecule has 1 aromatic rings. The maximum Gasteiger partial charge on any atom is 0 e. The summed E-state index contributed by atoms with van der Waals surface area (Å²) in [5.41, 5.74) is 1.19. The Balaban J connectivity index is -0.000000206. The third-order valence-electron chi connectivity index (χ3n) is 1.72. The zero-order valence-electron chi connectivity index (χ0n) is 11.5. The van der Waals surface area contributed by atoms with Gasteiger partial charge in [0.15, 0.2) is 0 Å². The first kappa shape index (κ1) is 28.5. The number of carbonyl (C=O) groups excluding carboxylic acids is 1. The fourth-order valence-corrected chi connectivity index (χ4v) is 1.03. The number of carbonyl (C=O) groups is 1. The summed E-state index contributed by atoms with van der Waals surface area (Å²) in [4.78, 5) is 14.1. The van der Waals surface area contributed by atoms with E-state index in [2.05, 4.69) is 24.9 Å². The van der Waals surface area contributed by atoms with Crippen LogP contribution in [0.5, 0.6) is 0 Å². The van der Waals surface area contributed by atoms with Crippen molar-refractivity contribution in [3.8, 4) is 0 Å². The molecule has 114 valence electrons. The van der Waals surface area contributed by atoms with E-state index in [1.165, 1.54) is 12.0 Å². The quantitative estimate of drug-likeness (QED) is 0.187. The first-order valence-corrected chi connectivity index (χ1v) is 5.35. The molecule has 0 aromatic heterocycles. The third-order valence-corrected chi connectivity index (χ3v) is 1.72. The largest absolute Gasteiger partial charge is 0 e. The second kappa shape index (κ2) is 31.6. The number of benzene rings is 1. The van der Waals surface area contributed by atoms with Crippen molar-refractivity contribution < 1.29 is 35.8 Å². The molecule has 6 heteroatoms. The molecule has 0 aliphatic heterocycles. The number of aliphatic imine (C=N–C) groups is 1. The van der Waals surface area contributed by atoms with Crippen LogP contribution in [0.2, 0.25) is 0 Å². The van der Waals surface area contributed by atoms with E-state index in [1.54, 1.807) is 25.5 Å². The van der Waals surface area contributed by atoms with Gasteiger partial charge in [-0.1, -0.05) is 30.3 Å². The van der Waals surface area contributed by atoms with Crippen LogP contribution in [-0.4, -0.2) is 12.5 Å². The van der Waals surface area contributed by atoms with Crippen molar-refractivity contribution in [2.24, 2.45) is 4.99 Å². The molecule has 0 unspecified atom stereocenters. The molecule has 0 aliphatic rings. The summed E-state index contributed by atoms with van der Waals surface area (Å²) in [6.07, 6.45) is 9.13. The van der Waals surface area contributed by atoms with Crippen molar-refractivity contribution in [2.45, 2.75) is 6.54 Å². The van der Waals surface area contributed by atoms with Crippen LogP contribution in [-0.2, 0) is 42.4 Å². The van der Waals surface area contributed by atoms with Gasteiger partial charge in [0, 0.05) is 36.1 Å². The van der Waals surface area contributed by atoms with Crippen molar-refractivity contribution in [3.63, 3.8) is 0 Å². The molecular formula is C16H13FeNO4. The summed E-state index contributed by atoms with van der Waals surface area (Å²) < 4.78 is 22.5. The summed E-state index contributed by atoms with van der Waals surface area (Å²) in [5.74, 6) is 0. The van der Waals surface area contributed by atoms with Crippen molar-refractivity contribution in [2.75, 3.05) is 0 Å². The van der Waals surface area contributed by atoms with Crippen LogP contribution in [0.3, 0.4) is 0 Å². The van der Waals surface area contributed by atoms with Gasteiger partial charge < -0.3 is 4.79 Å². The third kappa shape index (κ3) is 23.4. The first-order valence-electron chi connectivity index (χ1n) is 5.35. The monoisotopic (exact) mass is 339 g/mol. The van der Waals surface area contributed by atoms with Gasteiger partial charge in [-0.25, -0.2) is 0 Å². The van der Waals surface area contributed by atoms with E-state index in [-0.39, 0.29) is 17.1 Å². The van der Waals surface area contributed by atoms with E-state index >= 15 is 0 Å². The van der Waals surface area contributed by atoms with Gasteiger partial charge in [0.1, 0.15) is 6.29 Å². The second-order valence-electron chi connectivity index (χ2n) is 2.88. The fourth-order valence-electron chi connectivity index (χ4n) is 1.03. The molecule has 0 fully saturated rings. The standard InChI is InChI=1S/C13H13NO.3CO.Fe/c15-11-7-2-1-6-10-14-12-13-8-4-3-5-9-13;3*1-2;/h1-11H,12H2;;;;. The molecule has 0 N–H and O–H groups in total. The molecule has 0 bridgehead atoms. The number of hydrogen-bond acceptors (Lipinski definition) is 2. The maximum atomic E-state index is 9.92. The minimum absolute atomic E-state index is 0. The summed E-state index contributed by atoms with van der Waals surface area (Å²) >= 11 is 0. The summed E-state index contributed by atoms with van der Waals surface area (Å²) in [6.45, 7) is 14.2.